The van der Waals surface area contributed by atoms with Gasteiger partial charge in [-0.05, 0) is 55.3 Å². The molecule has 0 fully saturated rings. The first-order valence-electron chi connectivity index (χ1n) is 10.5. The Morgan fingerprint density at radius 3 is 1.94 bits per heavy atom. The second-order valence-corrected chi connectivity index (χ2v) is 8.08. The van der Waals surface area contributed by atoms with Crippen molar-refractivity contribution in [2.75, 3.05) is 0 Å². The minimum Gasteiger partial charge on any atom is -0.452 e. The molecule has 0 aliphatic rings. The van der Waals surface area contributed by atoms with Crippen LogP contribution in [0.15, 0.2) is 77.3 Å². The molecule has 0 unspecified atom stereocenters. The predicted octanol–water partition coefficient (Wildman–Crippen LogP) is 7.37. The van der Waals surface area contributed by atoms with E-state index < -0.39 is 46.4 Å². The summed E-state index contributed by atoms with van der Waals surface area (Å²) in [6.07, 6.45) is -4.86. The number of hydrogen-bond acceptors (Lipinski definition) is 5. The minimum absolute atomic E-state index is 0.0171. The first-order valence-corrected chi connectivity index (χ1v) is 10.5. The first kappa shape index (κ1) is 24.7. The highest BCUT2D eigenvalue weighted by atomic mass is 19.4. The Labute approximate surface area is 202 Å². The maximum Gasteiger partial charge on any atom is 0.420 e. The second kappa shape index (κ2) is 8.99. The van der Waals surface area contributed by atoms with Crippen molar-refractivity contribution in [2.24, 2.45) is 0 Å². The van der Waals surface area contributed by atoms with E-state index in [9.17, 15) is 22.8 Å². The third-order valence-electron chi connectivity index (χ3n) is 5.27. The number of ether oxygens (including phenoxy) is 2. The van der Waals surface area contributed by atoms with Gasteiger partial charge in [-0.1, -0.05) is 31.4 Å². The molecule has 0 amide bonds. The molecule has 1 heterocycles. The number of halogens is 4. The molecule has 3 aromatic carbocycles. The summed E-state index contributed by atoms with van der Waals surface area (Å²) in [7, 11) is 0. The van der Waals surface area contributed by atoms with Gasteiger partial charge in [0.2, 0.25) is 5.82 Å². The molecule has 0 radical (unpaired) electrons. The van der Waals surface area contributed by atoms with Crippen LogP contribution in [0.5, 0.6) is 11.5 Å². The molecule has 0 N–H and O–H groups in total. The molecular formula is C27H18F4O5. The molecule has 0 atom stereocenters. The van der Waals surface area contributed by atoms with Crippen molar-refractivity contribution in [3.05, 3.63) is 84.2 Å². The molecule has 0 aliphatic carbocycles. The SMILES string of the molecule is C=C(C)C(=O)Oc1ccc(-c2ccc3c(oc4c(F)c(OC(=O)C(=C)C)ccc43)c2C(F)(F)F)cc1. The lowest BCUT2D eigenvalue weighted by atomic mass is 9.96. The van der Waals surface area contributed by atoms with E-state index in [0.717, 1.165) is 6.07 Å². The number of alkyl halides is 3. The fraction of sp³-hybridized carbons (Fsp3) is 0.111. The number of esters is 2. The smallest absolute Gasteiger partial charge is 0.420 e. The Hall–Kier alpha value is -4.40. The van der Waals surface area contributed by atoms with Crippen molar-refractivity contribution in [3.63, 3.8) is 0 Å². The van der Waals surface area contributed by atoms with Crippen molar-refractivity contribution < 1.29 is 41.0 Å². The first-order chi connectivity index (χ1) is 16.9. The number of carbonyl (C=O) groups is 2. The summed E-state index contributed by atoms with van der Waals surface area (Å²) in [6.45, 7) is 9.71. The summed E-state index contributed by atoms with van der Waals surface area (Å²) >= 11 is 0. The fourth-order valence-corrected chi connectivity index (χ4v) is 3.54. The van der Waals surface area contributed by atoms with Gasteiger partial charge in [-0.25, -0.2) is 9.59 Å². The van der Waals surface area contributed by atoms with Crippen LogP contribution in [-0.4, -0.2) is 11.9 Å². The van der Waals surface area contributed by atoms with Gasteiger partial charge in [0, 0.05) is 21.9 Å². The van der Waals surface area contributed by atoms with Gasteiger partial charge in [-0.15, -0.1) is 0 Å². The predicted molar refractivity (Wildman–Crippen MR) is 125 cm³/mol. The molecule has 9 heteroatoms. The van der Waals surface area contributed by atoms with E-state index in [4.69, 9.17) is 13.9 Å². The summed E-state index contributed by atoms with van der Waals surface area (Å²) in [5, 5.41) is 0.112. The average Bonchev–Trinajstić information content (AvgIpc) is 3.19. The molecule has 5 nitrogen and oxygen atoms in total. The average molecular weight is 498 g/mol. The molecule has 4 rings (SSSR count). The zero-order chi connectivity index (χ0) is 26.4. The van der Waals surface area contributed by atoms with E-state index in [-0.39, 0.29) is 38.8 Å². The maximum absolute atomic E-state index is 15.1. The lowest BCUT2D eigenvalue weighted by Crippen LogP contribution is -2.09. The van der Waals surface area contributed by atoms with E-state index in [1.807, 2.05) is 0 Å². The van der Waals surface area contributed by atoms with Crippen LogP contribution in [0.1, 0.15) is 19.4 Å². The Kier molecular flexibility index (Phi) is 6.17. The standard InChI is InChI=1S/C27H18F4O5/c1-13(2)25(32)34-16-7-5-15(6-8-16)17-9-10-18-19-11-12-20(35-26(33)14(3)4)22(28)24(19)36-23(18)21(17)27(29,30)31/h5-12H,1,3H2,2,4H3. The van der Waals surface area contributed by atoms with Crippen LogP contribution in [0, 0.1) is 5.82 Å². The van der Waals surface area contributed by atoms with Crippen molar-refractivity contribution >= 4 is 33.9 Å². The molecule has 0 bridgehead atoms. The summed E-state index contributed by atoms with van der Waals surface area (Å²) in [4.78, 5) is 23.5. The summed E-state index contributed by atoms with van der Waals surface area (Å²) < 4.78 is 73.2. The van der Waals surface area contributed by atoms with E-state index in [1.54, 1.807) is 0 Å². The molecule has 36 heavy (non-hydrogen) atoms. The second-order valence-electron chi connectivity index (χ2n) is 8.08. The van der Waals surface area contributed by atoms with Crippen molar-refractivity contribution in [1.82, 2.24) is 0 Å². The van der Waals surface area contributed by atoms with Crippen molar-refractivity contribution in [3.8, 4) is 22.6 Å². The zero-order valence-electron chi connectivity index (χ0n) is 19.1. The van der Waals surface area contributed by atoms with Gasteiger partial charge in [0.1, 0.15) is 16.9 Å². The van der Waals surface area contributed by atoms with E-state index in [2.05, 4.69) is 13.2 Å². The molecule has 0 saturated carbocycles. The topological polar surface area (TPSA) is 65.7 Å². The summed E-state index contributed by atoms with van der Waals surface area (Å²) in [5.74, 6) is -3.04. The van der Waals surface area contributed by atoms with Crippen LogP contribution in [-0.2, 0) is 15.8 Å². The van der Waals surface area contributed by atoms with Crippen molar-refractivity contribution in [1.29, 1.82) is 0 Å². The minimum atomic E-state index is -4.86. The van der Waals surface area contributed by atoms with Crippen LogP contribution in [0.25, 0.3) is 33.1 Å². The van der Waals surface area contributed by atoms with Crippen LogP contribution >= 0.6 is 0 Å². The lowest BCUT2D eigenvalue weighted by molar-refractivity contribution is -0.136. The van der Waals surface area contributed by atoms with Crippen molar-refractivity contribution in [2.45, 2.75) is 20.0 Å². The monoisotopic (exact) mass is 498 g/mol. The quantitative estimate of drug-likeness (QED) is 0.124. The van der Waals surface area contributed by atoms with Crippen LogP contribution < -0.4 is 9.47 Å². The lowest BCUT2D eigenvalue weighted by Gasteiger charge is -2.14. The molecule has 184 valence electrons. The third kappa shape index (κ3) is 4.47. The van der Waals surface area contributed by atoms with E-state index >= 15 is 4.39 Å². The highest BCUT2D eigenvalue weighted by molar-refractivity contribution is 6.08. The maximum atomic E-state index is 15.1. The van der Waals surface area contributed by atoms with Gasteiger partial charge in [0.05, 0.1) is 0 Å². The number of hydrogen-bond donors (Lipinski definition) is 0. The summed E-state index contributed by atoms with van der Waals surface area (Å²) in [5.41, 5.74) is -2.04. The van der Waals surface area contributed by atoms with Gasteiger partial charge in [0.25, 0.3) is 0 Å². The summed E-state index contributed by atoms with van der Waals surface area (Å²) in [6, 6.07) is 10.5. The van der Waals surface area contributed by atoms with Gasteiger partial charge in [-0.2, -0.15) is 17.6 Å². The number of furan rings is 1. The number of fused-ring (bicyclic) bond motifs is 3. The molecule has 0 aliphatic heterocycles. The van der Waals surface area contributed by atoms with Crippen LogP contribution in [0.2, 0.25) is 0 Å². The van der Waals surface area contributed by atoms with Crippen LogP contribution in [0.3, 0.4) is 0 Å². The molecule has 0 saturated heterocycles. The Morgan fingerprint density at radius 2 is 1.36 bits per heavy atom. The number of carbonyl (C=O) groups excluding carboxylic acids is 2. The third-order valence-corrected chi connectivity index (χ3v) is 5.27. The van der Waals surface area contributed by atoms with Crippen LogP contribution in [0.4, 0.5) is 17.6 Å². The Morgan fingerprint density at radius 1 is 0.806 bits per heavy atom. The zero-order valence-corrected chi connectivity index (χ0v) is 19.1. The van der Waals surface area contributed by atoms with E-state index in [0.29, 0.717) is 0 Å². The molecular weight excluding hydrogens is 480 g/mol. The normalized spacial score (nSPS) is 11.5. The van der Waals surface area contributed by atoms with Gasteiger partial charge >= 0.3 is 18.1 Å². The molecule has 0 spiro atoms. The highest BCUT2D eigenvalue weighted by Gasteiger charge is 2.38. The largest absolute Gasteiger partial charge is 0.452 e. The molecule has 4 aromatic rings. The van der Waals surface area contributed by atoms with Gasteiger partial charge in [-0.3, -0.25) is 0 Å². The highest BCUT2D eigenvalue weighted by Crippen LogP contribution is 2.45. The van der Waals surface area contributed by atoms with E-state index in [1.165, 1.54) is 56.3 Å². The number of benzene rings is 3. The fourth-order valence-electron chi connectivity index (χ4n) is 3.54. The van der Waals surface area contributed by atoms with Gasteiger partial charge < -0.3 is 13.9 Å². The molecule has 1 aromatic heterocycles. The number of rotatable bonds is 5. The Balaban J connectivity index is 1.86. The Bertz CT molecular complexity index is 1560. The van der Waals surface area contributed by atoms with Gasteiger partial charge in [0.15, 0.2) is 11.3 Å².